The summed E-state index contributed by atoms with van der Waals surface area (Å²) in [5.41, 5.74) is 2.82. The van der Waals surface area contributed by atoms with Crippen LogP contribution in [0.2, 0.25) is 5.02 Å². The van der Waals surface area contributed by atoms with Crippen molar-refractivity contribution in [2.45, 2.75) is 6.23 Å². The lowest BCUT2D eigenvalue weighted by atomic mass is 10.0. The molecule has 96 valence electrons. The average molecular weight is 289 g/mol. The van der Waals surface area contributed by atoms with Crippen molar-refractivity contribution in [2.24, 2.45) is 0 Å². The molecule has 7 heteroatoms. The molecular weight excluding hydrogens is 279 g/mol. The van der Waals surface area contributed by atoms with Crippen LogP contribution in [0.15, 0.2) is 23.2 Å². The minimum atomic E-state index is -0.681. The van der Waals surface area contributed by atoms with Gasteiger partial charge in [0.1, 0.15) is 0 Å². The molecule has 0 bridgehead atoms. The van der Waals surface area contributed by atoms with Gasteiger partial charge in [0, 0.05) is 12.7 Å². The van der Waals surface area contributed by atoms with Crippen LogP contribution in [0.3, 0.4) is 0 Å². The van der Waals surface area contributed by atoms with Gasteiger partial charge in [0.25, 0.3) is 5.91 Å². The normalized spacial score (nSPS) is 19.1. The maximum atomic E-state index is 11.8. The Balaban J connectivity index is 2.58. The van der Waals surface area contributed by atoms with Crippen molar-refractivity contribution in [3.63, 3.8) is 0 Å². The standard InChI is InChI=1S/C11H10Cl2N2O3/c1-18-11-8(13)7(10(16)14-11)5-3-2-4-6(12)9(5)15-17/h2-4,11,15,17H,1H3,(H,14,16). The van der Waals surface area contributed by atoms with Crippen molar-refractivity contribution in [3.05, 3.63) is 33.8 Å². The molecule has 0 saturated heterocycles. The zero-order valence-electron chi connectivity index (χ0n) is 9.33. The number of para-hydroxylation sites is 1. The SMILES string of the molecule is COC1NC(=O)C(c2cccc(Cl)c2NO)=C1Cl. The molecule has 1 amide bonds. The number of halogens is 2. The van der Waals surface area contributed by atoms with Crippen LogP contribution in [0.4, 0.5) is 5.69 Å². The van der Waals surface area contributed by atoms with Gasteiger partial charge in [-0.15, -0.1) is 0 Å². The summed E-state index contributed by atoms with van der Waals surface area (Å²) in [7, 11) is 1.43. The van der Waals surface area contributed by atoms with E-state index in [0.717, 1.165) is 0 Å². The summed E-state index contributed by atoms with van der Waals surface area (Å²) in [4.78, 5) is 11.8. The number of ether oxygens (including phenoxy) is 1. The number of amides is 1. The molecule has 0 fully saturated rings. The molecule has 0 radical (unpaired) electrons. The molecule has 1 heterocycles. The van der Waals surface area contributed by atoms with Crippen LogP contribution >= 0.6 is 23.2 Å². The quantitative estimate of drug-likeness (QED) is 0.746. The number of anilines is 1. The molecule has 1 atom stereocenters. The Morgan fingerprint density at radius 2 is 2.17 bits per heavy atom. The van der Waals surface area contributed by atoms with Crippen LogP contribution in [0, 0.1) is 0 Å². The fourth-order valence-corrected chi connectivity index (χ4v) is 2.30. The molecule has 0 spiro atoms. The number of hydrogen-bond acceptors (Lipinski definition) is 4. The second-order valence-corrected chi connectivity index (χ2v) is 4.40. The first-order valence-electron chi connectivity index (χ1n) is 5.02. The Morgan fingerprint density at radius 3 is 2.72 bits per heavy atom. The van der Waals surface area contributed by atoms with Gasteiger partial charge in [0.2, 0.25) is 0 Å². The highest BCUT2D eigenvalue weighted by Crippen LogP contribution is 2.36. The first kappa shape index (κ1) is 13.2. The van der Waals surface area contributed by atoms with E-state index in [0.29, 0.717) is 5.56 Å². The zero-order valence-corrected chi connectivity index (χ0v) is 10.8. The number of carbonyl (C=O) groups is 1. The van der Waals surface area contributed by atoms with Gasteiger partial charge in [-0.3, -0.25) is 15.5 Å². The minimum Gasteiger partial charge on any atom is -0.356 e. The van der Waals surface area contributed by atoms with E-state index in [1.54, 1.807) is 18.2 Å². The number of rotatable bonds is 3. The lowest BCUT2D eigenvalue weighted by Gasteiger charge is -2.09. The predicted molar refractivity (Wildman–Crippen MR) is 68.6 cm³/mol. The van der Waals surface area contributed by atoms with Crippen molar-refractivity contribution < 1.29 is 14.7 Å². The Bertz CT molecular complexity index is 531. The smallest absolute Gasteiger partial charge is 0.255 e. The van der Waals surface area contributed by atoms with Crippen molar-refractivity contribution in [2.75, 3.05) is 12.6 Å². The highest BCUT2D eigenvalue weighted by Gasteiger charge is 2.33. The molecule has 3 N–H and O–H groups in total. The molecule has 1 aliphatic rings. The van der Waals surface area contributed by atoms with Gasteiger partial charge in [-0.25, -0.2) is 0 Å². The van der Waals surface area contributed by atoms with Crippen LogP contribution in [0.5, 0.6) is 0 Å². The summed E-state index contributed by atoms with van der Waals surface area (Å²) < 4.78 is 5.01. The Labute approximate surface area is 113 Å². The van der Waals surface area contributed by atoms with E-state index in [9.17, 15) is 4.79 Å². The summed E-state index contributed by atoms with van der Waals surface area (Å²) in [6.45, 7) is 0. The van der Waals surface area contributed by atoms with Crippen LogP contribution in [-0.4, -0.2) is 24.5 Å². The second-order valence-electron chi connectivity index (χ2n) is 3.59. The van der Waals surface area contributed by atoms with Crippen LogP contribution < -0.4 is 10.8 Å². The fraction of sp³-hybridized carbons (Fsp3) is 0.182. The molecule has 0 aliphatic carbocycles. The number of benzene rings is 1. The third-order valence-electron chi connectivity index (χ3n) is 2.59. The summed E-state index contributed by atoms with van der Waals surface area (Å²) in [6.07, 6.45) is -0.681. The molecule has 0 saturated carbocycles. The van der Waals surface area contributed by atoms with E-state index >= 15 is 0 Å². The zero-order chi connectivity index (χ0) is 13.3. The van der Waals surface area contributed by atoms with Crippen molar-refractivity contribution in [1.29, 1.82) is 0 Å². The predicted octanol–water partition coefficient (Wildman–Crippen LogP) is 2.19. The summed E-state index contributed by atoms with van der Waals surface area (Å²) in [5, 5.41) is 12.1. The first-order chi connectivity index (χ1) is 8.60. The van der Waals surface area contributed by atoms with Crippen molar-refractivity contribution in [3.8, 4) is 0 Å². The van der Waals surface area contributed by atoms with E-state index in [1.165, 1.54) is 7.11 Å². The molecule has 1 aromatic carbocycles. The van der Waals surface area contributed by atoms with Gasteiger partial charge in [-0.05, 0) is 6.07 Å². The van der Waals surface area contributed by atoms with Crippen LogP contribution in [0.25, 0.3) is 5.57 Å². The van der Waals surface area contributed by atoms with Gasteiger partial charge in [-0.2, -0.15) is 0 Å². The molecule has 5 nitrogen and oxygen atoms in total. The summed E-state index contributed by atoms with van der Waals surface area (Å²) in [6, 6.07) is 4.86. The largest absolute Gasteiger partial charge is 0.356 e. The van der Waals surface area contributed by atoms with E-state index < -0.39 is 6.23 Å². The van der Waals surface area contributed by atoms with Gasteiger partial charge < -0.3 is 10.1 Å². The summed E-state index contributed by atoms with van der Waals surface area (Å²) >= 11 is 12.0. The van der Waals surface area contributed by atoms with Crippen LogP contribution in [0.1, 0.15) is 5.56 Å². The second kappa shape index (κ2) is 5.16. The fourth-order valence-electron chi connectivity index (χ4n) is 1.75. The lowest BCUT2D eigenvalue weighted by molar-refractivity contribution is -0.117. The third kappa shape index (κ3) is 2.06. The molecule has 2 rings (SSSR count). The molecule has 1 unspecified atom stereocenters. The van der Waals surface area contributed by atoms with Gasteiger partial charge in [0.05, 0.1) is 21.3 Å². The Hall–Kier alpha value is -1.27. The van der Waals surface area contributed by atoms with Crippen molar-refractivity contribution >= 4 is 40.4 Å². The molecule has 1 aliphatic heterocycles. The topological polar surface area (TPSA) is 70.6 Å². The molecule has 18 heavy (non-hydrogen) atoms. The van der Waals surface area contributed by atoms with Crippen LogP contribution in [-0.2, 0) is 9.53 Å². The monoisotopic (exact) mass is 288 g/mol. The van der Waals surface area contributed by atoms with E-state index in [4.69, 9.17) is 33.1 Å². The Kier molecular flexibility index (Phi) is 3.77. The maximum absolute atomic E-state index is 11.8. The number of nitrogens with one attached hydrogen (secondary N) is 2. The Morgan fingerprint density at radius 1 is 1.44 bits per heavy atom. The van der Waals surface area contributed by atoms with Gasteiger partial charge >= 0.3 is 0 Å². The van der Waals surface area contributed by atoms with Crippen molar-refractivity contribution in [1.82, 2.24) is 5.32 Å². The number of carbonyl (C=O) groups excluding carboxylic acids is 1. The molecule has 1 aromatic rings. The maximum Gasteiger partial charge on any atom is 0.255 e. The highest BCUT2D eigenvalue weighted by molar-refractivity contribution is 6.43. The molecule has 0 aromatic heterocycles. The lowest BCUT2D eigenvalue weighted by Crippen LogP contribution is -2.29. The number of methoxy groups -OCH3 is 1. The van der Waals surface area contributed by atoms with E-state index in [-0.39, 0.29) is 27.2 Å². The average Bonchev–Trinajstić information content (AvgIpc) is 2.64. The van der Waals surface area contributed by atoms with E-state index in [2.05, 4.69) is 5.32 Å². The number of hydrogen-bond donors (Lipinski definition) is 3. The first-order valence-corrected chi connectivity index (χ1v) is 5.78. The molecular formula is C11H10Cl2N2O3. The summed E-state index contributed by atoms with van der Waals surface area (Å²) in [5.74, 6) is -0.384. The third-order valence-corrected chi connectivity index (χ3v) is 3.29. The minimum absolute atomic E-state index is 0.221. The van der Waals surface area contributed by atoms with E-state index in [1.807, 2.05) is 5.48 Å². The highest BCUT2D eigenvalue weighted by atomic mass is 35.5. The van der Waals surface area contributed by atoms with Gasteiger partial charge in [-0.1, -0.05) is 35.3 Å². The van der Waals surface area contributed by atoms with Gasteiger partial charge in [0.15, 0.2) is 6.23 Å².